The van der Waals surface area contributed by atoms with Gasteiger partial charge in [-0.1, -0.05) is 254 Å². The van der Waals surface area contributed by atoms with E-state index in [0.29, 0.717) is 25.7 Å². The van der Waals surface area contributed by atoms with E-state index in [1.165, 1.54) is 89.9 Å². The van der Waals surface area contributed by atoms with Crippen LogP contribution in [0.25, 0.3) is 0 Å². The Morgan fingerprint density at radius 1 is 0.296 bits per heavy atom. The van der Waals surface area contributed by atoms with Gasteiger partial charge in [0.2, 0.25) is 0 Å². The van der Waals surface area contributed by atoms with Crippen molar-refractivity contribution in [1.82, 2.24) is 0 Å². The third-order valence-electron chi connectivity index (χ3n) is 16.3. The molecule has 0 radical (unpaired) electrons. The molecule has 3 N–H and O–H groups in total. The number of ether oxygens (including phenoxy) is 4. The Morgan fingerprint density at radius 3 is 0.847 bits per heavy atom. The molecule has 0 heterocycles. The minimum absolute atomic E-state index is 0.0751. The van der Waals surface area contributed by atoms with Gasteiger partial charge in [-0.3, -0.25) is 37.3 Å². The molecule has 0 aliphatic carbocycles. The van der Waals surface area contributed by atoms with Crippen LogP contribution < -0.4 is 0 Å². The second-order valence-electron chi connectivity index (χ2n) is 26.0. The summed E-state index contributed by atoms with van der Waals surface area (Å²) >= 11 is 0. The first kappa shape index (κ1) is 94.2. The molecule has 0 aliphatic rings. The van der Waals surface area contributed by atoms with Gasteiger partial charge in [0.05, 0.1) is 26.4 Å². The predicted molar refractivity (Wildman–Crippen MR) is 399 cm³/mol. The number of unbranched alkanes of at least 4 members (excludes halogenated alkanes) is 34. The number of phosphoric acid groups is 2. The molecule has 0 aliphatic heterocycles. The minimum Gasteiger partial charge on any atom is -0.462 e. The summed E-state index contributed by atoms with van der Waals surface area (Å²) in [6.45, 7) is 4.76. The highest BCUT2D eigenvalue weighted by Gasteiger charge is 2.30. The molecular weight excluding hydrogens is 1280 g/mol. The van der Waals surface area contributed by atoms with Crippen molar-refractivity contribution in [2.45, 2.75) is 354 Å². The van der Waals surface area contributed by atoms with Crippen molar-refractivity contribution in [3.63, 3.8) is 0 Å². The zero-order valence-corrected chi connectivity index (χ0v) is 63.7. The van der Waals surface area contributed by atoms with Crippen molar-refractivity contribution in [2.24, 2.45) is 0 Å². The zero-order valence-electron chi connectivity index (χ0n) is 62.0. The number of esters is 4. The molecular formula is C79H140O17P2. The Kier molecular flexibility index (Phi) is 68.9. The maximum absolute atomic E-state index is 13.1. The van der Waals surface area contributed by atoms with Gasteiger partial charge in [0.15, 0.2) is 12.2 Å². The SMILES string of the molecule is CCCCC/C=C\C/C=C\CCCCCCCC(=O)OC[C@H](COP(=O)(O)OC[C@@H](O)COP(=O)(O)OC[C@@H](COC(=O)CCCCCCC/C=C\CCCCCC)OC(=O)CCCCCCC/C=C\C/C=C\CCCCC)OC(=O)CCCCCCC/C=C\C=C/CCCCCC. The molecule has 19 heteroatoms. The summed E-state index contributed by atoms with van der Waals surface area (Å²) in [7, 11) is -9.96. The number of phosphoric ester groups is 2. The number of aliphatic hydroxyl groups is 1. The van der Waals surface area contributed by atoms with E-state index in [-0.39, 0.29) is 25.7 Å². The van der Waals surface area contributed by atoms with Gasteiger partial charge in [-0.15, -0.1) is 0 Å². The van der Waals surface area contributed by atoms with Crippen LogP contribution in [0.1, 0.15) is 336 Å². The van der Waals surface area contributed by atoms with Gasteiger partial charge in [-0.2, -0.15) is 0 Å². The minimum atomic E-state index is -4.98. The van der Waals surface area contributed by atoms with Gasteiger partial charge < -0.3 is 33.8 Å². The first-order valence-corrected chi connectivity index (χ1v) is 41.8. The van der Waals surface area contributed by atoms with Gasteiger partial charge in [0, 0.05) is 25.7 Å². The Balaban J connectivity index is 5.38. The molecule has 17 nitrogen and oxygen atoms in total. The highest BCUT2D eigenvalue weighted by atomic mass is 31.2. The standard InChI is InChI=1S/C79H140O17P2/c1-5-9-13-17-21-25-29-33-36-40-44-48-52-56-60-64-77(82)90-70-75(96-79(84)66-62-58-54-50-46-42-38-35-31-27-23-19-15-11-7-3)72-94-98(87,88)92-68-73(80)67-91-97(85,86)93-71-74(69-89-76(81)63-59-55-51-47-43-39-32-28-24-20-16-12-8-4)95-78(83)65-61-57-53-49-45-41-37-34-30-26-22-18-14-10-6-2/h21-22,25-28,31-38,73-75,80H,5-20,23-24,29-30,39-72H2,1-4H3,(H,85,86)(H,87,88)/b25-21-,26-22-,31-27-,32-28-,36-33-,37-34-,38-35-/t73-,74+,75+/m0/s1. The van der Waals surface area contributed by atoms with Crippen molar-refractivity contribution < 1.29 is 80.2 Å². The molecule has 2 unspecified atom stereocenters. The van der Waals surface area contributed by atoms with Crippen LogP contribution in [-0.4, -0.2) is 96.7 Å². The maximum Gasteiger partial charge on any atom is 0.472 e. The summed E-state index contributed by atoms with van der Waals surface area (Å²) in [6.07, 6.45) is 72.7. The van der Waals surface area contributed by atoms with Gasteiger partial charge in [0.25, 0.3) is 0 Å². The first-order chi connectivity index (χ1) is 47.7. The molecule has 568 valence electrons. The second kappa shape index (κ2) is 71.6. The third-order valence-corrected chi connectivity index (χ3v) is 18.2. The monoisotopic (exact) mass is 1420 g/mol. The van der Waals surface area contributed by atoms with Crippen LogP contribution >= 0.6 is 15.6 Å². The summed E-state index contributed by atoms with van der Waals surface area (Å²) in [5.74, 6) is -2.22. The molecule has 5 atom stereocenters. The van der Waals surface area contributed by atoms with Crippen LogP contribution in [0.2, 0.25) is 0 Å². The maximum atomic E-state index is 13.1. The molecule has 0 amide bonds. The lowest BCUT2D eigenvalue weighted by Crippen LogP contribution is -2.30. The van der Waals surface area contributed by atoms with Crippen LogP contribution in [-0.2, 0) is 65.4 Å². The van der Waals surface area contributed by atoms with E-state index in [1.807, 2.05) is 0 Å². The lowest BCUT2D eigenvalue weighted by molar-refractivity contribution is -0.161. The molecule has 0 saturated heterocycles. The van der Waals surface area contributed by atoms with E-state index in [2.05, 4.69) is 113 Å². The molecule has 98 heavy (non-hydrogen) atoms. The Morgan fingerprint density at radius 2 is 0.531 bits per heavy atom. The fraction of sp³-hybridized carbons (Fsp3) is 0.772. The summed E-state index contributed by atoms with van der Waals surface area (Å²) < 4.78 is 68.5. The number of hydrogen-bond acceptors (Lipinski definition) is 15. The quantitative estimate of drug-likeness (QED) is 0.0128. The summed E-state index contributed by atoms with van der Waals surface area (Å²) in [6, 6.07) is 0. The van der Waals surface area contributed by atoms with Crippen LogP contribution in [0, 0.1) is 0 Å². The lowest BCUT2D eigenvalue weighted by atomic mass is 10.1. The van der Waals surface area contributed by atoms with E-state index >= 15 is 0 Å². The number of carbonyl (C=O) groups excluding carboxylic acids is 4. The third kappa shape index (κ3) is 70.7. The normalized spacial score (nSPS) is 14.4. The molecule has 0 spiro atoms. The van der Waals surface area contributed by atoms with Crippen molar-refractivity contribution in [3.8, 4) is 0 Å². The number of carbonyl (C=O) groups is 4. The highest BCUT2D eigenvalue weighted by Crippen LogP contribution is 2.45. The Labute approximate surface area is 595 Å². The topological polar surface area (TPSA) is 237 Å². The zero-order chi connectivity index (χ0) is 71.8. The van der Waals surface area contributed by atoms with Crippen molar-refractivity contribution in [2.75, 3.05) is 39.6 Å². The molecule has 0 rings (SSSR count). The average Bonchev–Trinajstić information content (AvgIpc) is 1.04. The molecule has 0 aromatic heterocycles. The predicted octanol–water partition coefficient (Wildman–Crippen LogP) is 22.2. The summed E-state index contributed by atoms with van der Waals surface area (Å²) in [5.41, 5.74) is 0. The largest absolute Gasteiger partial charge is 0.472 e. The van der Waals surface area contributed by atoms with Crippen molar-refractivity contribution in [3.05, 3.63) is 85.1 Å². The van der Waals surface area contributed by atoms with Crippen LogP contribution in [0.5, 0.6) is 0 Å². The molecule has 0 saturated carbocycles. The van der Waals surface area contributed by atoms with Crippen molar-refractivity contribution in [1.29, 1.82) is 0 Å². The van der Waals surface area contributed by atoms with Gasteiger partial charge >= 0.3 is 39.5 Å². The van der Waals surface area contributed by atoms with E-state index < -0.39 is 97.5 Å². The van der Waals surface area contributed by atoms with Gasteiger partial charge in [0.1, 0.15) is 19.3 Å². The van der Waals surface area contributed by atoms with E-state index in [0.717, 1.165) is 167 Å². The lowest BCUT2D eigenvalue weighted by Gasteiger charge is -2.21. The van der Waals surface area contributed by atoms with Crippen LogP contribution in [0.3, 0.4) is 0 Å². The molecule has 0 fully saturated rings. The Bertz CT molecular complexity index is 2190. The fourth-order valence-corrected chi connectivity index (χ4v) is 11.9. The van der Waals surface area contributed by atoms with Crippen molar-refractivity contribution >= 4 is 39.5 Å². The number of aliphatic hydroxyl groups excluding tert-OH is 1. The Hall–Kier alpha value is -3.76. The number of allylic oxidation sites excluding steroid dienone is 14. The second-order valence-corrected chi connectivity index (χ2v) is 28.9. The van der Waals surface area contributed by atoms with E-state index in [9.17, 15) is 43.2 Å². The molecule has 0 aromatic rings. The van der Waals surface area contributed by atoms with E-state index in [4.69, 9.17) is 37.0 Å². The summed E-state index contributed by atoms with van der Waals surface area (Å²) in [5, 5.41) is 10.6. The highest BCUT2D eigenvalue weighted by molar-refractivity contribution is 7.47. The number of hydrogen-bond donors (Lipinski definition) is 3. The summed E-state index contributed by atoms with van der Waals surface area (Å²) in [4.78, 5) is 72.9. The first-order valence-electron chi connectivity index (χ1n) is 38.8. The average molecular weight is 1420 g/mol. The van der Waals surface area contributed by atoms with Crippen LogP contribution in [0.15, 0.2) is 85.1 Å². The molecule has 0 aromatic carbocycles. The smallest absolute Gasteiger partial charge is 0.462 e. The van der Waals surface area contributed by atoms with Gasteiger partial charge in [-0.05, 0) is 141 Å². The van der Waals surface area contributed by atoms with Crippen LogP contribution in [0.4, 0.5) is 0 Å². The van der Waals surface area contributed by atoms with E-state index in [1.54, 1.807) is 0 Å². The molecule has 0 bridgehead atoms. The number of rotatable bonds is 73. The fourth-order valence-electron chi connectivity index (χ4n) is 10.3. The van der Waals surface area contributed by atoms with Gasteiger partial charge in [-0.25, -0.2) is 9.13 Å².